The van der Waals surface area contributed by atoms with Gasteiger partial charge in [0.2, 0.25) is 0 Å². The topological polar surface area (TPSA) is 71.2 Å². The van der Waals surface area contributed by atoms with E-state index in [1.165, 1.54) is 51.4 Å². The molecule has 1 aliphatic heterocycles. The Bertz CT molecular complexity index is 1170. The summed E-state index contributed by atoms with van der Waals surface area (Å²) in [7, 11) is 0. The van der Waals surface area contributed by atoms with Crippen molar-refractivity contribution >= 4 is 22.7 Å². The van der Waals surface area contributed by atoms with Crippen LogP contribution < -0.4 is 4.90 Å². The quantitative estimate of drug-likeness (QED) is 0.539. The van der Waals surface area contributed by atoms with Crippen LogP contribution in [0.1, 0.15) is 86.3 Å². The van der Waals surface area contributed by atoms with Gasteiger partial charge in [0.1, 0.15) is 0 Å². The highest BCUT2D eigenvalue weighted by molar-refractivity contribution is 5.98. The minimum atomic E-state index is -0.982. The molecule has 0 atom stereocenters. The summed E-state index contributed by atoms with van der Waals surface area (Å²) in [4.78, 5) is 19.1. The number of carboxylic acids is 1. The van der Waals surface area contributed by atoms with Gasteiger partial charge in [-0.3, -0.25) is 0 Å². The zero-order chi connectivity index (χ0) is 22.4. The molecule has 3 fully saturated rings. The zero-order valence-electron chi connectivity index (χ0n) is 19.2. The van der Waals surface area contributed by atoms with Crippen LogP contribution in [0.5, 0.6) is 0 Å². The molecule has 2 saturated carbocycles. The molecule has 33 heavy (non-hydrogen) atoms. The van der Waals surface area contributed by atoms with Gasteiger partial charge in [0.15, 0.2) is 11.3 Å². The largest absolute Gasteiger partial charge is 0.477 e. The molecule has 1 N–H and O–H groups in total. The first-order valence-electron chi connectivity index (χ1n) is 12.6. The van der Waals surface area contributed by atoms with Crippen LogP contribution in [0.3, 0.4) is 0 Å². The third-order valence-electron chi connectivity index (χ3n) is 8.43. The zero-order valence-corrected chi connectivity index (χ0v) is 19.2. The average Bonchev–Trinajstić information content (AvgIpc) is 3.18. The number of aromatic nitrogens is 3. The molecule has 0 amide bonds. The molecule has 3 aliphatic rings. The SMILES string of the molecule is O=C(O)c1cc(N2CCC3(CCCCC3)CC2)c2c(C3CCC3)nn(-c3ccccc3)c2n1. The van der Waals surface area contributed by atoms with Crippen molar-refractivity contribution in [1.82, 2.24) is 14.8 Å². The molecule has 1 aromatic carbocycles. The standard InChI is InChI=1S/C27H32N4O2/c32-26(33)21-18-22(30-16-14-27(15-17-30)12-5-2-6-13-27)23-24(19-8-7-9-19)29-31(25(23)28-21)20-10-3-1-4-11-20/h1,3-4,10-11,18-19H,2,5-9,12-17H2,(H,32,33). The minimum absolute atomic E-state index is 0.104. The fourth-order valence-electron chi connectivity index (χ4n) is 6.22. The molecular weight excluding hydrogens is 412 g/mol. The molecule has 0 radical (unpaired) electrons. The van der Waals surface area contributed by atoms with Crippen molar-refractivity contribution in [2.75, 3.05) is 18.0 Å². The maximum absolute atomic E-state index is 12.1. The minimum Gasteiger partial charge on any atom is -0.477 e. The number of piperidine rings is 1. The second-order valence-electron chi connectivity index (χ2n) is 10.3. The summed E-state index contributed by atoms with van der Waals surface area (Å²) >= 11 is 0. The number of anilines is 1. The Morgan fingerprint density at radius 2 is 1.70 bits per heavy atom. The lowest BCUT2D eigenvalue weighted by Gasteiger charge is -2.45. The van der Waals surface area contributed by atoms with Crippen LogP contribution in [0.4, 0.5) is 5.69 Å². The van der Waals surface area contributed by atoms with Crippen LogP contribution in [0.15, 0.2) is 36.4 Å². The lowest BCUT2D eigenvalue weighted by Crippen LogP contribution is -2.41. The van der Waals surface area contributed by atoms with Crippen LogP contribution >= 0.6 is 0 Å². The van der Waals surface area contributed by atoms with E-state index in [1.807, 2.05) is 41.1 Å². The first kappa shape index (κ1) is 20.7. The van der Waals surface area contributed by atoms with Crippen molar-refractivity contribution in [2.24, 2.45) is 5.41 Å². The lowest BCUT2D eigenvalue weighted by atomic mass is 9.68. The van der Waals surface area contributed by atoms with Crippen molar-refractivity contribution in [3.8, 4) is 5.69 Å². The molecule has 0 bridgehead atoms. The van der Waals surface area contributed by atoms with Gasteiger partial charge in [0.05, 0.1) is 22.5 Å². The highest BCUT2D eigenvalue weighted by Gasteiger charge is 2.37. The van der Waals surface area contributed by atoms with Crippen LogP contribution in [0.2, 0.25) is 0 Å². The van der Waals surface area contributed by atoms with Crippen molar-refractivity contribution in [3.05, 3.63) is 47.8 Å². The van der Waals surface area contributed by atoms with Gasteiger partial charge in [-0.15, -0.1) is 0 Å². The van der Waals surface area contributed by atoms with Gasteiger partial charge in [0.25, 0.3) is 0 Å². The molecule has 3 aromatic rings. The first-order chi connectivity index (χ1) is 16.1. The summed E-state index contributed by atoms with van der Waals surface area (Å²) in [5.41, 5.74) is 4.32. The summed E-state index contributed by atoms with van der Waals surface area (Å²) in [5.74, 6) is -0.548. The number of carboxylic acid groups (broad SMARTS) is 1. The molecule has 0 unspecified atom stereocenters. The molecule has 2 aromatic heterocycles. The maximum atomic E-state index is 12.1. The Morgan fingerprint density at radius 1 is 0.970 bits per heavy atom. The van der Waals surface area contributed by atoms with Crippen molar-refractivity contribution in [1.29, 1.82) is 0 Å². The number of fused-ring (bicyclic) bond motifs is 1. The van der Waals surface area contributed by atoms with Gasteiger partial charge < -0.3 is 10.0 Å². The fraction of sp³-hybridized carbons (Fsp3) is 0.519. The molecule has 6 nitrogen and oxygen atoms in total. The number of benzene rings is 1. The second kappa shape index (κ2) is 8.15. The van der Waals surface area contributed by atoms with E-state index >= 15 is 0 Å². The second-order valence-corrected chi connectivity index (χ2v) is 10.3. The number of aromatic carboxylic acids is 1. The molecule has 6 heteroatoms. The molecule has 172 valence electrons. The van der Waals surface area contributed by atoms with Gasteiger partial charge in [-0.05, 0) is 62.1 Å². The molecule has 3 heterocycles. The van der Waals surface area contributed by atoms with Crippen molar-refractivity contribution < 1.29 is 9.90 Å². The van der Waals surface area contributed by atoms with E-state index in [2.05, 4.69) is 9.88 Å². The summed E-state index contributed by atoms with van der Waals surface area (Å²) in [5, 5.41) is 16.0. The van der Waals surface area contributed by atoms with Crippen LogP contribution in [-0.4, -0.2) is 38.9 Å². The van der Waals surface area contributed by atoms with Gasteiger partial charge in [-0.1, -0.05) is 43.9 Å². The normalized spacial score (nSPS) is 20.8. The van der Waals surface area contributed by atoms with Gasteiger partial charge in [-0.2, -0.15) is 5.10 Å². The van der Waals surface area contributed by atoms with Crippen molar-refractivity contribution in [2.45, 2.75) is 70.1 Å². The van der Waals surface area contributed by atoms with E-state index in [0.717, 1.165) is 48.4 Å². The van der Waals surface area contributed by atoms with E-state index in [0.29, 0.717) is 17.0 Å². The number of carbonyl (C=O) groups is 1. The van der Waals surface area contributed by atoms with Gasteiger partial charge in [-0.25, -0.2) is 14.5 Å². The number of para-hydroxylation sites is 1. The molecule has 2 aliphatic carbocycles. The number of pyridine rings is 1. The summed E-state index contributed by atoms with van der Waals surface area (Å²) < 4.78 is 1.87. The Balaban J connectivity index is 1.48. The number of hydrogen-bond acceptors (Lipinski definition) is 4. The number of hydrogen-bond donors (Lipinski definition) is 1. The van der Waals surface area contributed by atoms with Gasteiger partial charge in [0, 0.05) is 19.0 Å². The molecular formula is C27H32N4O2. The smallest absolute Gasteiger partial charge is 0.354 e. The summed E-state index contributed by atoms with van der Waals surface area (Å²) in [6.07, 6.45) is 12.7. The van der Waals surface area contributed by atoms with Crippen LogP contribution in [0, 0.1) is 5.41 Å². The van der Waals surface area contributed by atoms with Gasteiger partial charge >= 0.3 is 5.97 Å². The van der Waals surface area contributed by atoms with Crippen LogP contribution in [-0.2, 0) is 0 Å². The molecule has 6 rings (SSSR count). The van der Waals surface area contributed by atoms with E-state index in [9.17, 15) is 9.90 Å². The monoisotopic (exact) mass is 444 g/mol. The Hall–Kier alpha value is -2.89. The van der Waals surface area contributed by atoms with E-state index in [1.54, 1.807) is 0 Å². The predicted molar refractivity (Wildman–Crippen MR) is 129 cm³/mol. The Labute approximate surface area is 194 Å². The lowest BCUT2D eigenvalue weighted by molar-refractivity contribution is 0.0691. The Kier molecular flexibility index (Phi) is 5.11. The number of rotatable bonds is 4. The molecule has 1 saturated heterocycles. The Morgan fingerprint density at radius 3 is 2.33 bits per heavy atom. The summed E-state index contributed by atoms with van der Waals surface area (Å²) in [6.45, 7) is 1.97. The third-order valence-corrected chi connectivity index (χ3v) is 8.43. The predicted octanol–water partition coefficient (Wildman–Crippen LogP) is 5.94. The highest BCUT2D eigenvalue weighted by Crippen LogP contribution is 2.47. The van der Waals surface area contributed by atoms with E-state index < -0.39 is 5.97 Å². The first-order valence-corrected chi connectivity index (χ1v) is 12.6. The van der Waals surface area contributed by atoms with Crippen LogP contribution in [0.25, 0.3) is 16.7 Å². The van der Waals surface area contributed by atoms with Crippen molar-refractivity contribution in [3.63, 3.8) is 0 Å². The maximum Gasteiger partial charge on any atom is 0.354 e. The average molecular weight is 445 g/mol. The highest BCUT2D eigenvalue weighted by atomic mass is 16.4. The number of nitrogens with zero attached hydrogens (tertiary/aromatic N) is 4. The van der Waals surface area contributed by atoms with E-state index in [-0.39, 0.29) is 5.69 Å². The fourth-order valence-corrected chi connectivity index (χ4v) is 6.22. The van der Waals surface area contributed by atoms with E-state index in [4.69, 9.17) is 5.10 Å². The molecule has 1 spiro atoms. The third kappa shape index (κ3) is 3.60. The summed E-state index contributed by atoms with van der Waals surface area (Å²) in [6, 6.07) is 11.8.